The Balaban J connectivity index is 2.02. The van der Waals surface area contributed by atoms with Crippen LogP contribution in [0.1, 0.15) is 20.8 Å². The van der Waals surface area contributed by atoms with Crippen molar-refractivity contribution in [3.05, 3.63) is 30.2 Å². The van der Waals surface area contributed by atoms with E-state index >= 15 is 0 Å². The third-order valence-electron chi connectivity index (χ3n) is 2.67. The van der Waals surface area contributed by atoms with Crippen LogP contribution in [0.25, 0.3) is 22.4 Å². The normalized spacial score (nSPS) is 11.8. The number of hydrogen-bond donors (Lipinski definition) is 0. The van der Waals surface area contributed by atoms with Gasteiger partial charge in [0.2, 0.25) is 0 Å². The molecule has 0 N–H and O–H groups in total. The third-order valence-corrected chi connectivity index (χ3v) is 3.51. The van der Waals surface area contributed by atoms with Crippen molar-refractivity contribution < 1.29 is 0 Å². The molecule has 20 heavy (non-hydrogen) atoms. The summed E-state index contributed by atoms with van der Waals surface area (Å²) in [6, 6.07) is 1.79. The summed E-state index contributed by atoms with van der Waals surface area (Å²) in [4.78, 5) is 17.3. The Morgan fingerprint density at radius 1 is 1.10 bits per heavy atom. The number of hydrogen-bond acceptors (Lipinski definition) is 6. The first-order valence-corrected chi connectivity index (χ1v) is 7.07. The van der Waals surface area contributed by atoms with Crippen LogP contribution in [0.5, 0.6) is 0 Å². The van der Waals surface area contributed by atoms with Crippen molar-refractivity contribution in [1.82, 2.24) is 29.7 Å². The smallest absolute Gasteiger partial charge is 0.188 e. The van der Waals surface area contributed by atoms with E-state index in [9.17, 15) is 0 Å². The fourth-order valence-corrected chi connectivity index (χ4v) is 2.54. The van der Waals surface area contributed by atoms with Gasteiger partial charge in [0, 0.05) is 17.8 Å². The molecule has 0 aliphatic carbocycles. The topological polar surface area (TPSA) is 69.4 Å². The molecule has 3 heterocycles. The molecule has 3 aromatic rings. The van der Waals surface area contributed by atoms with Crippen LogP contribution < -0.4 is 0 Å². The second-order valence-corrected chi connectivity index (χ2v) is 6.13. The molecule has 0 fully saturated rings. The van der Waals surface area contributed by atoms with Crippen molar-refractivity contribution in [2.45, 2.75) is 26.3 Å². The van der Waals surface area contributed by atoms with Crippen molar-refractivity contribution in [2.75, 3.05) is 0 Å². The summed E-state index contributed by atoms with van der Waals surface area (Å²) in [7, 11) is 0. The summed E-state index contributed by atoms with van der Waals surface area (Å²) in [6.07, 6.45) is 4.97. The molecule has 0 unspecified atom stereocenters. The second-order valence-electron chi connectivity index (χ2n) is 5.28. The van der Waals surface area contributed by atoms with Crippen LogP contribution in [-0.4, -0.2) is 29.7 Å². The van der Waals surface area contributed by atoms with Gasteiger partial charge in [-0.05, 0) is 26.8 Å². The Morgan fingerprint density at radius 3 is 2.55 bits per heavy atom. The standard InChI is InChI=1S/C13H14N6S/c1-13(2,3)19-11(16-8-17-19)9-7-20-12(18-9)10-14-5-4-6-15-10/h4-8H,1-3H3. The molecule has 0 radical (unpaired) electrons. The molecule has 0 saturated heterocycles. The predicted molar refractivity (Wildman–Crippen MR) is 77.2 cm³/mol. The summed E-state index contributed by atoms with van der Waals surface area (Å²) in [6.45, 7) is 6.25. The molecule has 0 atom stereocenters. The number of thiazole rings is 1. The van der Waals surface area contributed by atoms with Crippen LogP contribution in [0.4, 0.5) is 0 Å². The Bertz CT molecular complexity index is 710. The van der Waals surface area contributed by atoms with Gasteiger partial charge >= 0.3 is 0 Å². The van der Waals surface area contributed by atoms with Gasteiger partial charge in [0.1, 0.15) is 12.0 Å². The van der Waals surface area contributed by atoms with Crippen LogP contribution >= 0.6 is 11.3 Å². The van der Waals surface area contributed by atoms with E-state index in [0.717, 1.165) is 16.5 Å². The van der Waals surface area contributed by atoms with E-state index in [1.54, 1.807) is 24.8 Å². The van der Waals surface area contributed by atoms with Crippen molar-refractivity contribution in [3.63, 3.8) is 0 Å². The minimum Gasteiger partial charge on any atom is -0.239 e. The van der Waals surface area contributed by atoms with Gasteiger partial charge in [-0.15, -0.1) is 11.3 Å². The van der Waals surface area contributed by atoms with Crippen LogP contribution in [-0.2, 0) is 5.54 Å². The zero-order chi connectivity index (χ0) is 14.2. The van der Waals surface area contributed by atoms with E-state index in [4.69, 9.17) is 0 Å². The van der Waals surface area contributed by atoms with Crippen LogP contribution in [0.15, 0.2) is 30.2 Å². The van der Waals surface area contributed by atoms with E-state index in [2.05, 4.69) is 45.8 Å². The second kappa shape index (κ2) is 4.75. The highest BCUT2D eigenvalue weighted by atomic mass is 32.1. The largest absolute Gasteiger partial charge is 0.239 e. The molecule has 102 valence electrons. The molecule has 0 aromatic carbocycles. The van der Waals surface area contributed by atoms with E-state index in [1.807, 2.05) is 10.1 Å². The lowest BCUT2D eigenvalue weighted by atomic mass is 10.1. The first-order valence-electron chi connectivity index (χ1n) is 6.19. The molecule has 0 aliphatic heterocycles. The molecule has 0 bridgehead atoms. The molecule has 6 nitrogen and oxygen atoms in total. The quantitative estimate of drug-likeness (QED) is 0.724. The number of rotatable bonds is 2. The van der Waals surface area contributed by atoms with Gasteiger partial charge in [0.25, 0.3) is 0 Å². The fraction of sp³-hybridized carbons (Fsp3) is 0.308. The maximum absolute atomic E-state index is 4.57. The first kappa shape index (κ1) is 12.9. The van der Waals surface area contributed by atoms with E-state index in [0.29, 0.717) is 5.82 Å². The molecule has 3 aromatic heterocycles. The zero-order valence-electron chi connectivity index (χ0n) is 11.5. The molecule has 7 heteroatoms. The summed E-state index contributed by atoms with van der Waals surface area (Å²) in [5, 5.41) is 7.02. The number of aromatic nitrogens is 6. The molecule has 0 aliphatic rings. The summed E-state index contributed by atoms with van der Waals surface area (Å²) >= 11 is 1.50. The van der Waals surface area contributed by atoms with Crippen molar-refractivity contribution in [3.8, 4) is 22.4 Å². The van der Waals surface area contributed by atoms with Crippen LogP contribution in [0.3, 0.4) is 0 Å². The van der Waals surface area contributed by atoms with E-state index in [1.165, 1.54) is 11.3 Å². The van der Waals surface area contributed by atoms with Crippen LogP contribution in [0.2, 0.25) is 0 Å². The minimum absolute atomic E-state index is 0.140. The Morgan fingerprint density at radius 2 is 1.85 bits per heavy atom. The minimum atomic E-state index is -0.140. The lowest BCUT2D eigenvalue weighted by Crippen LogP contribution is -2.24. The van der Waals surface area contributed by atoms with Gasteiger partial charge in [0.05, 0.1) is 5.54 Å². The van der Waals surface area contributed by atoms with Gasteiger partial charge in [-0.3, -0.25) is 0 Å². The van der Waals surface area contributed by atoms with E-state index in [-0.39, 0.29) is 5.54 Å². The Hall–Kier alpha value is -2.15. The van der Waals surface area contributed by atoms with Crippen molar-refractivity contribution in [2.24, 2.45) is 0 Å². The molecule has 3 rings (SSSR count). The third kappa shape index (κ3) is 2.32. The highest BCUT2D eigenvalue weighted by molar-refractivity contribution is 7.13. The van der Waals surface area contributed by atoms with Gasteiger partial charge in [-0.25, -0.2) is 24.6 Å². The SMILES string of the molecule is CC(C)(C)n1ncnc1-c1csc(-c2ncccn2)n1. The fourth-order valence-electron chi connectivity index (χ4n) is 1.80. The van der Waals surface area contributed by atoms with Crippen molar-refractivity contribution in [1.29, 1.82) is 0 Å². The number of nitrogens with zero attached hydrogens (tertiary/aromatic N) is 6. The lowest BCUT2D eigenvalue weighted by molar-refractivity contribution is 0.359. The summed E-state index contributed by atoms with van der Waals surface area (Å²) in [5.74, 6) is 1.39. The average Bonchev–Trinajstić information content (AvgIpc) is 3.08. The van der Waals surface area contributed by atoms with Crippen LogP contribution in [0, 0.1) is 0 Å². The maximum Gasteiger partial charge on any atom is 0.188 e. The highest BCUT2D eigenvalue weighted by Crippen LogP contribution is 2.27. The van der Waals surface area contributed by atoms with Gasteiger partial charge in [-0.2, -0.15) is 5.10 Å². The Labute approximate surface area is 120 Å². The van der Waals surface area contributed by atoms with E-state index < -0.39 is 0 Å². The predicted octanol–water partition coefficient (Wildman–Crippen LogP) is 2.61. The summed E-state index contributed by atoms with van der Waals surface area (Å²) in [5.41, 5.74) is 0.656. The van der Waals surface area contributed by atoms with Gasteiger partial charge in [-0.1, -0.05) is 0 Å². The lowest BCUT2D eigenvalue weighted by Gasteiger charge is -2.20. The zero-order valence-corrected chi connectivity index (χ0v) is 12.3. The first-order chi connectivity index (χ1) is 9.55. The Kier molecular flexibility index (Phi) is 3.06. The molecular formula is C13H14N6S. The molecule has 0 saturated carbocycles. The highest BCUT2D eigenvalue weighted by Gasteiger charge is 2.21. The molecular weight excluding hydrogens is 272 g/mol. The maximum atomic E-state index is 4.57. The van der Waals surface area contributed by atoms with Crippen molar-refractivity contribution >= 4 is 11.3 Å². The average molecular weight is 286 g/mol. The van der Waals surface area contributed by atoms with Gasteiger partial charge < -0.3 is 0 Å². The monoisotopic (exact) mass is 286 g/mol. The molecule has 0 amide bonds. The summed E-state index contributed by atoms with van der Waals surface area (Å²) < 4.78 is 1.87. The van der Waals surface area contributed by atoms with Gasteiger partial charge in [0.15, 0.2) is 16.7 Å². The molecule has 0 spiro atoms.